The number of carbonyl (C=O) groups is 1. The highest BCUT2D eigenvalue weighted by molar-refractivity contribution is 6.30. The molecule has 1 atom stereocenters. The highest BCUT2D eigenvalue weighted by atomic mass is 35.5. The van der Waals surface area contributed by atoms with E-state index in [4.69, 9.17) is 25.5 Å². The van der Waals surface area contributed by atoms with Crippen molar-refractivity contribution in [2.45, 2.75) is 13.0 Å². The van der Waals surface area contributed by atoms with Gasteiger partial charge in [0.05, 0.1) is 13.2 Å². The maximum atomic E-state index is 12.5. The standard InChI is InChI=1S/C15H16ClN3O4/c1-10-17-18-15(23-10)13-8-21-7-6-19(13)14(20)9-22-12-4-2-11(16)3-5-12/h2-5,13H,6-9H2,1H3/t13-/m0/s1. The van der Waals surface area contributed by atoms with Gasteiger partial charge in [-0.3, -0.25) is 4.79 Å². The normalized spacial score (nSPS) is 18.0. The van der Waals surface area contributed by atoms with Crippen LogP contribution in [-0.2, 0) is 9.53 Å². The molecule has 1 saturated heterocycles. The van der Waals surface area contributed by atoms with Crippen LogP contribution in [0.5, 0.6) is 5.75 Å². The van der Waals surface area contributed by atoms with E-state index in [2.05, 4.69) is 10.2 Å². The van der Waals surface area contributed by atoms with Crippen molar-refractivity contribution in [2.24, 2.45) is 0 Å². The van der Waals surface area contributed by atoms with Gasteiger partial charge < -0.3 is 18.8 Å². The van der Waals surface area contributed by atoms with Crippen LogP contribution in [0, 0.1) is 6.92 Å². The summed E-state index contributed by atoms with van der Waals surface area (Å²) in [6.07, 6.45) is 0. The molecule has 2 aromatic rings. The number of benzene rings is 1. The molecule has 2 heterocycles. The minimum absolute atomic E-state index is 0.0781. The Balaban J connectivity index is 1.65. The van der Waals surface area contributed by atoms with Crippen molar-refractivity contribution in [1.29, 1.82) is 0 Å². The molecule has 0 N–H and O–H groups in total. The minimum Gasteiger partial charge on any atom is -0.484 e. The second kappa shape index (κ2) is 6.97. The molecule has 1 aromatic heterocycles. The highest BCUT2D eigenvalue weighted by Gasteiger charge is 2.32. The van der Waals surface area contributed by atoms with Crippen molar-refractivity contribution in [3.8, 4) is 5.75 Å². The van der Waals surface area contributed by atoms with Crippen LogP contribution in [-0.4, -0.2) is 47.4 Å². The zero-order valence-electron chi connectivity index (χ0n) is 12.6. The van der Waals surface area contributed by atoms with E-state index >= 15 is 0 Å². The van der Waals surface area contributed by atoms with Gasteiger partial charge in [0, 0.05) is 18.5 Å². The van der Waals surface area contributed by atoms with Crippen LogP contribution in [0.4, 0.5) is 0 Å². The van der Waals surface area contributed by atoms with Crippen LogP contribution in [0.25, 0.3) is 0 Å². The second-order valence-electron chi connectivity index (χ2n) is 5.08. The van der Waals surface area contributed by atoms with Crippen molar-refractivity contribution in [2.75, 3.05) is 26.4 Å². The monoisotopic (exact) mass is 337 g/mol. The quantitative estimate of drug-likeness (QED) is 0.849. The molecule has 0 spiro atoms. The van der Waals surface area contributed by atoms with E-state index in [0.717, 1.165) is 0 Å². The number of rotatable bonds is 4. The molecule has 8 heteroatoms. The lowest BCUT2D eigenvalue weighted by atomic mass is 10.2. The number of ether oxygens (including phenoxy) is 2. The van der Waals surface area contributed by atoms with Crippen LogP contribution in [0.2, 0.25) is 5.02 Å². The van der Waals surface area contributed by atoms with Gasteiger partial charge in [-0.15, -0.1) is 10.2 Å². The summed E-state index contributed by atoms with van der Waals surface area (Å²) in [5, 5.41) is 8.40. The molecule has 0 radical (unpaired) electrons. The fraction of sp³-hybridized carbons (Fsp3) is 0.400. The molecule has 0 unspecified atom stereocenters. The average molecular weight is 338 g/mol. The van der Waals surface area contributed by atoms with Gasteiger partial charge in [-0.1, -0.05) is 11.6 Å². The van der Waals surface area contributed by atoms with E-state index in [-0.39, 0.29) is 18.6 Å². The molecule has 3 rings (SSSR count). The second-order valence-corrected chi connectivity index (χ2v) is 5.52. The van der Waals surface area contributed by atoms with Gasteiger partial charge in [0.15, 0.2) is 6.61 Å². The van der Waals surface area contributed by atoms with Crippen LogP contribution >= 0.6 is 11.6 Å². The van der Waals surface area contributed by atoms with E-state index in [0.29, 0.717) is 42.3 Å². The summed E-state index contributed by atoms with van der Waals surface area (Å²) < 4.78 is 16.4. The number of amides is 1. The lowest BCUT2D eigenvalue weighted by molar-refractivity contribution is -0.143. The van der Waals surface area contributed by atoms with Crippen molar-refractivity contribution in [1.82, 2.24) is 15.1 Å². The van der Waals surface area contributed by atoms with Crippen molar-refractivity contribution in [3.63, 3.8) is 0 Å². The Bertz CT molecular complexity index is 674. The molecular weight excluding hydrogens is 322 g/mol. The van der Waals surface area contributed by atoms with Crippen LogP contribution < -0.4 is 4.74 Å². The highest BCUT2D eigenvalue weighted by Crippen LogP contribution is 2.23. The Morgan fingerprint density at radius 2 is 2.17 bits per heavy atom. The first kappa shape index (κ1) is 15.8. The maximum absolute atomic E-state index is 12.5. The first-order chi connectivity index (χ1) is 11.1. The smallest absolute Gasteiger partial charge is 0.261 e. The molecule has 0 bridgehead atoms. The number of carbonyl (C=O) groups excluding carboxylic acids is 1. The summed E-state index contributed by atoms with van der Waals surface area (Å²) in [4.78, 5) is 14.1. The molecule has 1 aliphatic rings. The van der Waals surface area contributed by atoms with Crippen molar-refractivity contribution >= 4 is 17.5 Å². The first-order valence-electron chi connectivity index (χ1n) is 7.19. The Hall–Kier alpha value is -2.12. The van der Waals surface area contributed by atoms with Crippen molar-refractivity contribution < 1.29 is 18.7 Å². The molecule has 0 saturated carbocycles. The lowest BCUT2D eigenvalue weighted by Crippen LogP contribution is -2.45. The van der Waals surface area contributed by atoms with E-state index < -0.39 is 0 Å². The Morgan fingerprint density at radius 3 is 2.87 bits per heavy atom. The van der Waals surface area contributed by atoms with Crippen LogP contribution in [0.3, 0.4) is 0 Å². The third-order valence-corrected chi connectivity index (χ3v) is 3.70. The van der Waals surface area contributed by atoms with Crippen LogP contribution in [0.15, 0.2) is 28.7 Å². The molecule has 1 amide bonds. The van der Waals surface area contributed by atoms with E-state index in [1.165, 1.54) is 0 Å². The number of hydrogen-bond acceptors (Lipinski definition) is 6. The first-order valence-corrected chi connectivity index (χ1v) is 7.57. The maximum Gasteiger partial charge on any atom is 0.261 e. The van der Waals surface area contributed by atoms with Gasteiger partial charge in [-0.2, -0.15) is 0 Å². The fourth-order valence-electron chi connectivity index (χ4n) is 2.31. The molecule has 1 aliphatic heterocycles. The summed E-state index contributed by atoms with van der Waals surface area (Å²) in [6.45, 7) is 2.88. The lowest BCUT2D eigenvalue weighted by Gasteiger charge is -2.33. The zero-order valence-corrected chi connectivity index (χ0v) is 13.3. The topological polar surface area (TPSA) is 77.7 Å². The third-order valence-electron chi connectivity index (χ3n) is 3.45. The predicted octanol–water partition coefficient (Wildman–Crippen LogP) is 2.01. The summed E-state index contributed by atoms with van der Waals surface area (Å²) in [7, 11) is 0. The number of halogens is 1. The Kier molecular flexibility index (Phi) is 4.78. The van der Waals surface area contributed by atoms with Gasteiger partial charge in [0.1, 0.15) is 11.8 Å². The zero-order chi connectivity index (χ0) is 16.2. The molecule has 122 valence electrons. The van der Waals surface area contributed by atoms with Gasteiger partial charge >= 0.3 is 0 Å². The molecular formula is C15H16ClN3O4. The van der Waals surface area contributed by atoms with Gasteiger partial charge in [0.25, 0.3) is 5.91 Å². The summed E-state index contributed by atoms with van der Waals surface area (Å²) in [5.41, 5.74) is 0. The average Bonchev–Trinajstić information content (AvgIpc) is 3.00. The van der Waals surface area contributed by atoms with E-state index in [9.17, 15) is 4.79 Å². The summed E-state index contributed by atoms with van der Waals surface area (Å²) in [5.74, 6) is 1.25. The Morgan fingerprint density at radius 1 is 1.39 bits per heavy atom. The number of hydrogen-bond donors (Lipinski definition) is 0. The van der Waals surface area contributed by atoms with E-state index in [1.54, 1.807) is 36.1 Å². The number of nitrogens with zero attached hydrogens (tertiary/aromatic N) is 3. The number of morpholine rings is 1. The summed E-state index contributed by atoms with van der Waals surface area (Å²) in [6, 6.07) is 6.47. The SMILES string of the molecule is Cc1nnc([C@@H]2COCCN2C(=O)COc2ccc(Cl)cc2)o1. The third kappa shape index (κ3) is 3.80. The predicted molar refractivity (Wildman–Crippen MR) is 81.3 cm³/mol. The Labute approximate surface area is 138 Å². The molecule has 7 nitrogen and oxygen atoms in total. The molecule has 0 aliphatic carbocycles. The van der Waals surface area contributed by atoms with E-state index in [1.807, 2.05) is 0 Å². The van der Waals surface area contributed by atoms with Gasteiger partial charge in [-0.05, 0) is 24.3 Å². The number of aromatic nitrogens is 2. The largest absolute Gasteiger partial charge is 0.484 e. The van der Waals surface area contributed by atoms with Gasteiger partial charge in [-0.25, -0.2) is 0 Å². The molecule has 1 fully saturated rings. The fourth-order valence-corrected chi connectivity index (χ4v) is 2.44. The summed E-state index contributed by atoms with van der Waals surface area (Å²) >= 11 is 5.82. The molecule has 23 heavy (non-hydrogen) atoms. The van der Waals surface area contributed by atoms with Gasteiger partial charge in [0.2, 0.25) is 11.8 Å². The number of aryl methyl sites for hydroxylation is 1. The minimum atomic E-state index is -0.383. The van der Waals surface area contributed by atoms with Crippen molar-refractivity contribution in [3.05, 3.63) is 41.1 Å². The van der Waals surface area contributed by atoms with Crippen LogP contribution in [0.1, 0.15) is 17.8 Å². The molecule has 1 aromatic carbocycles.